The normalized spacial score (nSPS) is 22.5. The highest BCUT2D eigenvalue weighted by Gasteiger charge is 2.24. The van der Waals surface area contributed by atoms with Crippen molar-refractivity contribution in [2.24, 2.45) is 0 Å². The minimum Gasteiger partial charge on any atom is -0.372 e. The molecule has 0 aliphatic carbocycles. The first kappa shape index (κ1) is 21.5. The summed E-state index contributed by atoms with van der Waals surface area (Å²) in [5, 5.41) is 9.37. The van der Waals surface area contributed by atoms with E-state index in [0.717, 1.165) is 25.1 Å². The van der Waals surface area contributed by atoms with Gasteiger partial charge in [-0.3, -0.25) is 9.59 Å². The molecule has 8 heteroatoms. The predicted octanol–water partition coefficient (Wildman–Crippen LogP) is 2.18. The Labute approximate surface area is 160 Å². The zero-order valence-corrected chi connectivity index (χ0v) is 16.1. The standard InChI is InChI=1S/C17H24N4O2.2ClH/c1-11-13(4-3-8-18-11)20-17(23)12-5-6-15-14(10-12)19-16(22)7-9-21(15)2;;/h5-6,10-11,13,18H,3-4,7-9H2,1-2H3,(H,19,22)(H,20,23);2*1H. The van der Waals surface area contributed by atoms with E-state index >= 15 is 0 Å². The summed E-state index contributed by atoms with van der Waals surface area (Å²) in [5.74, 6) is -0.104. The number of amides is 2. The van der Waals surface area contributed by atoms with Crippen LogP contribution in [0.5, 0.6) is 0 Å². The number of hydrogen-bond donors (Lipinski definition) is 3. The summed E-state index contributed by atoms with van der Waals surface area (Å²) < 4.78 is 0. The number of fused-ring (bicyclic) bond motifs is 1. The van der Waals surface area contributed by atoms with Gasteiger partial charge in [-0.2, -0.15) is 0 Å². The molecule has 2 aliphatic heterocycles. The summed E-state index contributed by atoms with van der Waals surface area (Å²) in [6.07, 6.45) is 2.52. The van der Waals surface area contributed by atoms with Crippen LogP contribution in [0.3, 0.4) is 0 Å². The average molecular weight is 389 g/mol. The van der Waals surface area contributed by atoms with Crippen molar-refractivity contribution in [1.29, 1.82) is 0 Å². The quantitative estimate of drug-likeness (QED) is 0.725. The first-order chi connectivity index (χ1) is 11.0. The zero-order valence-electron chi connectivity index (χ0n) is 14.5. The van der Waals surface area contributed by atoms with Crippen LogP contribution in [0.2, 0.25) is 0 Å². The van der Waals surface area contributed by atoms with Gasteiger partial charge in [0.15, 0.2) is 0 Å². The molecule has 140 valence electrons. The lowest BCUT2D eigenvalue weighted by molar-refractivity contribution is -0.115. The molecule has 2 heterocycles. The Hall–Kier alpha value is -1.50. The molecule has 0 saturated carbocycles. The van der Waals surface area contributed by atoms with Crippen molar-refractivity contribution in [3.63, 3.8) is 0 Å². The van der Waals surface area contributed by atoms with Crippen LogP contribution in [0, 0.1) is 0 Å². The molecular weight excluding hydrogens is 363 g/mol. The van der Waals surface area contributed by atoms with E-state index in [-0.39, 0.29) is 48.7 Å². The van der Waals surface area contributed by atoms with Gasteiger partial charge >= 0.3 is 0 Å². The largest absolute Gasteiger partial charge is 0.372 e. The molecule has 2 aliphatic rings. The minimum absolute atomic E-state index is 0. The van der Waals surface area contributed by atoms with Crippen molar-refractivity contribution >= 4 is 48.0 Å². The van der Waals surface area contributed by atoms with Gasteiger partial charge in [-0.25, -0.2) is 0 Å². The summed E-state index contributed by atoms with van der Waals surface area (Å²) in [6, 6.07) is 5.92. The molecule has 1 aromatic rings. The number of nitrogens with one attached hydrogen (secondary N) is 3. The first-order valence-corrected chi connectivity index (χ1v) is 8.24. The predicted molar refractivity (Wildman–Crippen MR) is 105 cm³/mol. The van der Waals surface area contributed by atoms with E-state index in [1.807, 2.05) is 24.1 Å². The van der Waals surface area contributed by atoms with E-state index < -0.39 is 0 Å². The Morgan fingerprint density at radius 2 is 2.08 bits per heavy atom. The fraction of sp³-hybridized carbons (Fsp3) is 0.529. The van der Waals surface area contributed by atoms with Crippen LogP contribution in [0.4, 0.5) is 11.4 Å². The van der Waals surface area contributed by atoms with Crippen LogP contribution < -0.4 is 20.9 Å². The number of hydrogen-bond acceptors (Lipinski definition) is 4. The van der Waals surface area contributed by atoms with E-state index in [9.17, 15) is 9.59 Å². The van der Waals surface area contributed by atoms with Crippen molar-refractivity contribution in [1.82, 2.24) is 10.6 Å². The smallest absolute Gasteiger partial charge is 0.251 e. The Balaban J connectivity index is 0.00000156. The van der Waals surface area contributed by atoms with Crippen LogP contribution in [0.25, 0.3) is 0 Å². The van der Waals surface area contributed by atoms with Crippen LogP contribution in [0.1, 0.15) is 36.5 Å². The summed E-state index contributed by atoms with van der Waals surface area (Å²) >= 11 is 0. The van der Waals surface area contributed by atoms with Crippen molar-refractivity contribution in [2.75, 3.05) is 30.4 Å². The summed E-state index contributed by atoms with van der Waals surface area (Å²) in [6.45, 7) is 3.77. The molecule has 2 unspecified atom stereocenters. The van der Waals surface area contributed by atoms with Crippen molar-refractivity contribution in [3.05, 3.63) is 23.8 Å². The van der Waals surface area contributed by atoms with Gasteiger partial charge in [0.1, 0.15) is 0 Å². The average Bonchev–Trinajstić information content (AvgIpc) is 2.68. The van der Waals surface area contributed by atoms with Gasteiger partial charge in [-0.05, 0) is 44.5 Å². The van der Waals surface area contributed by atoms with Gasteiger partial charge in [-0.15, -0.1) is 24.8 Å². The maximum atomic E-state index is 12.5. The van der Waals surface area contributed by atoms with Gasteiger partial charge in [0.05, 0.1) is 11.4 Å². The number of piperidine rings is 1. The highest BCUT2D eigenvalue weighted by atomic mass is 35.5. The van der Waals surface area contributed by atoms with E-state index in [1.165, 1.54) is 0 Å². The second-order valence-corrected chi connectivity index (χ2v) is 6.42. The van der Waals surface area contributed by atoms with Crippen LogP contribution in [-0.4, -0.2) is 44.0 Å². The Bertz CT molecular complexity index is 627. The van der Waals surface area contributed by atoms with Crippen LogP contribution >= 0.6 is 24.8 Å². The van der Waals surface area contributed by atoms with Gasteiger partial charge in [-0.1, -0.05) is 0 Å². The molecule has 1 aromatic carbocycles. The molecule has 0 spiro atoms. The van der Waals surface area contributed by atoms with Crippen LogP contribution in [-0.2, 0) is 4.79 Å². The lowest BCUT2D eigenvalue weighted by Gasteiger charge is -2.30. The molecule has 0 radical (unpaired) electrons. The fourth-order valence-electron chi connectivity index (χ4n) is 3.21. The Morgan fingerprint density at radius 1 is 1.32 bits per heavy atom. The number of carbonyl (C=O) groups is 2. The third-order valence-corrected chi connectivity index (χ3v) is 4.70. The summed E-state index contributed by atoms with van der Waals surface area (Å²) in [7, 11) is 1.95. The van der Waals surface area contributed by atoms with Crippen LogP contribution in [0.15, 0.2) is 18.2 Å². The number of nitrogens with zero attached hydrogens (tertiary/aromatic N) is 1. The summed E-state index contributed by atoms with van der Waals surface area (Å²) in [4.78, 5) is 26.3. The van der Waals surface area contributed by atoms with E-state index in [2.05, 4.69) is 22.9 Å². The van der Waals surface area contributed by atoms with Gasteiger partial charge in [0.25, 0.3) is 5.91 Å². The topological polar surface area (TPSA) is 73.5 Å². The molecule has 2 amide bonds. The third-order valence-electron chi connectivity index (χ3n) is 4.70. The molecule has 0 aromatic heterocycles. The second kappa shape index (κ2) is 9.27. The van der Waals surface area contributed by atoms with Crippen molar-refractivity contribution in [2.45, 2.75) is 38.3 Å². The Kier molecular flexibility index (Phi) is 7.99. The molecule has 0 bridgehead atoms. The number of carbonyl (C=O) groups excluding carboxylic acids is 2. The monoisotopic (exact) mass is 388 g/mol. The van der Waals surface area contributed by atoms with Crippen molar-refractivity contribution in [3.8, 4) is 0 Å². The number of rotatable bonds is 2. The highest BCUT2D eigenvalue weighted by molar-refractivity contribution is 6.01. The van der Waals surface area contributed by atoms with E-state index in [1.54, 1.807) is 6.07 Å². The lowest BCUT2D eigenvalue weighted by Crippen LogP contribution is -2.51. The lowest BCUT2D eigenvalue weighted by atomic mass is 9.99. The third kappa shape index (κ3) is 5.00. The SMILES string of the molecule is CC1NCCCC1NC(=O)c1ccc2c(c1)NC(=O)CCN2C.Cl.Cl. The van der Waals surface area contributed by atoms with E-state index in [4.69, 9.17) is 0 Å². The molecule has 3 rings (SSSR count). The van der Waals surface area contributed by atoms with Gasteiger partial charge < -0.3 is 20.9 Å². The first-order valence-electron chi connectivity index (χ1n) is 8.24. The number of benzene rings is 1. The number of anilines is 2. The second-order valence-electron chi connectivity index (χ2n) is 6.42. The van der Waals surface area contributed by atoms with Gasteiger partial charge in [0.2, 0.25) is 5.91 Å². The van der Waals surface area contributed by atoms with E-state index in [0.29, 0.717) is 24.2 Å². The molecule has 1 fully saturated rings. The van der Waals surface area contributed by atoms with Gasteiger partial charge in [0, 0.05) is 37.7 Å². The Morgan fingerprint density at radius 3 is 2.80 bits per heavy atom. The van der Waals surface area contributed by atoms with Crippen molar-refractivity contribution < 1.29 is 9.59 Å². The molecule has 3 N–H and O–H groups in total. The maximum Gasteiger partial charge on any atom is 0.251 e. The molecule has 6 nitrogen and oxygen atoms in total. The fourth-order valence-corrected chi connectivity index (χ4v) is 3.21. The molecule has 1 saturated heterocycles. The highest BCUT2D eigenvalue weighted by Crippen LogP contribution is 2.29. The molecular formula is C17H26Cl2N4O2. The molecule has 25 heavy (non-hydrogen) atoms. The number of halogens is 2. The minimum atomic E-state index is -0.0884. The summed E-state index contributed by atoms with van der Waals surface area (Å²) in [5.41, 5.74) is 2.23. The maximum absolute atomic E-state index is 12.5. The molecule has 2 atom stereocenters. The zero-order chi connectivity index (χ0) is 16.4.